The number of halogens is 1. The molecule has 0 aliphatic carbocycles. The van der Waals surface area contributed by atoms with E-state index in [2.05, 4.69) is 15.9 Å². The molecule has 1 aliphatic rings. The fourth-order valence-corrected chi connectivity index (χ4v) is 7.35. The Morgan fingerprint density at radius 3 is 2.67 bits per heavy atom. The second-order valence-corrected chi connectivity index (χ2v) is 10.1. The van der Waals surface area contributed by atoms with E-state index in [1.54, 1.807) is 35.3 Å². The average Bonchev–Trinajstić information content (AvgIpc) is 3.18. The first-order valence-electron chi connectivity index (χ1n) is 8.47. The van der Waals surface area contributed by atoms with E-state index < -0.39 is 10.0 Å². The van der Waals surface area contributed by atoms with Crippen LogP contribution < -0.4 is 4.74 Å². The number of sulfonamides is 1. The van der Waals surface area contributed by atoms with Crippen LogP contribution in [0.15, 0.2) is 70.0 Å². The molecule has 0 radical (unpaired) electrons. The molecule has 1 fully saturated rings. The number of benzene rings is 3. The summed E-state index contributed by atoms with van der Waals surface area (Å²) < 4.78 is 34.7. The van der Waals surface area contributed by atoms with E-state index in [1.807, 2.05) is 48.5 Å². The molecule has 7 heteroatoms. The van der Waals surface area contributed by atoms with Gasteiger partial charge in [-0.15, -0.1) is 11.8 Å². The molecule has 27 heavy (non-hydrogen) atoms. The SMILES string of the molecule is COc1ccc(C2SCCN2S(=O)(=O)c2cccc3ccccc23)cc1Br. The van der Waals surface area contributed by atoms with Crippen molar-refractivity contribution in [2.45, 2.75) is 10.3 Å². The van der Waals surface area contributed by atoms with Gasteiger partial charge in [0.1, 0.15) is 5.75 Å². The minimum atomic E-state index is -3.63. The van der Waals surface area contributed by atoms with Gasteiger partial charge in [0, 0.05) is 17.7 Å². The van der Waals surface area contributed by atoms with Crippen molar-refractivity contribution < 1.29 is 13.2 Å². The summed E-state index contributed by atoms with van der Waals surface area (Å²) in [6.45, 7) is 0.491. The zero-order valence-electron chi connectivity index (χ0n) is 14.6. The van der Waals surface area contributed by atoms with E-state index in [0.717, 1.165) is 32.3 Å². The predicted molar refractivity (Wildman–Crippen MR) is 114 cm³/mol. The second-order valence-electron chi connectivity index (χ2n) is 6.21. The molecule has 1 heterocycles. The molecule has 4 nitrogen and oxygen atoms in total. The van der Waals surface area contributed by atoms with Crippen molar-refractivity contribution >= 4 is 48.5 Å². The molecular weight excluding hydrogens is 446 g/mol. The summed E-state index contributed by atoms with van der Waals surface area (Å²) in [6.07, 6.45) is 0. The highest BCUT2D eigenvalue weighted by Crippen LogP contribution is 2.43. The number of methoxy groups -OCH3 is 1. The molecule has 0 bridgehead atoms. The van der Waals surface area contributed by atoms with E-state index in [4.69, 9.17) is 4.74 Å². The summed E-state index contributed by atoms with van der Waals surface area (Å²) >= 11 is 5.14. The van der Waals surface area contributed by atoms with Crippen molar-refractivity contribution in [2.75, 3.05) is 19.4 Å². The molecule has 3 aromatic rings. The molecule has 0 saturated carbocycles. The van der Waals surface area contributed by atoms with E-state index in [-0.39, 0.29) is 5.37 Å². The third kappa shape index (κ3) is 3.38. The number of rotatable bonds is 4. The van der Waals surface area contributed by atoms with Crippen molar-refractivity contribution in [3.63, 3.8) is 0 Å². The summed E-state index contributed by atoms with van der Waals surface area (Å²) in [5.74, 6) is 1.49. The molecule has 4 rings (SSSR count). The van der Waals surface area contributed by atoms with Gasteiger partial charge in [-0.1, -0.05) is 42.5 Å². The van der Waals surface area contributed by atoms with Crippen LogP contribution in [0.3, 0.4) is 0 Å². The maximum Gasteiger partial charge on any atom is 0.245 e. The fraction of sp³-hybridized carbons (Fsp3) is 0.200. The van der Waals surface area contributed by atoms with Crippen molar-refractivity contribution in [2.24, 2.45) is 0 Å². The molecular formula is C20H18BrNO3S2. The molecule has 0 aromatic heterocycles. The topological polar surface area (TPSA) is 46.6 Å². The van der Waals surface area contributed by atoms with Crippen LogP contribution in [0.1, 0.15) is 10.9 Å². The Labute approximate surface area is 171 Å². The van der Waals surface area contributed by atoms with Crippen LogP contribution in [0.4, 0.5) is 0 Å². The Bertz CT molecular complexity index is 1100. The zero-order chi connectivity index (χ0) is 19.0. The molecule has 1 saturated heterocycles. The quantitative estimate of drug-likeness (QED) is 0.543. The minimum absolute atomic E-state index is 0.254. The van der Waals surface area contributed by atoms with Crippen LogP contribution in [0, 0.1) is 0 Å². The van der Waals surface area contributed by atoms with Crippen molar-refractivity contribution in [1.29, 1.82) is 0 Å². The van der Waals surface area contributed by atoms with Crippen LogP contribution >= 0.6 is 27.7 Å². The number of fused-ring (bicyclic) bond motifs is 1. The summed E-state index contributed by atoms with van der Waals surface area (Å²) in [5, 5.41) is 1.43. The Morgan fingerprint density at radius 1 is 1.11 bits per heavy atom. The average molecular weight is 464 g/mol. The highest BCUT2D eigenvalue weighted by Gasteiger charge is 2.37. The van der Waals surface area contributed by atoms with Gasteiger partial charge >= 0.3 is 0 Å². The standard InChI is InChI=1S/C20H18BrNO3S2/c1-25-18-10-9-15(13-17(18)21)20-22(11-12-26-20)27(23,24)19-8-4-6-14-5-2-3-7-16(14)19/h2-10,13,20H,11-12H2,1H3. The molecule has 1 aliphatic heterocycles. The zero-order valence-corrected chi connectivity index (χ0v) is 17.9. The lowest BCUT2D eigenvalue weighted by molar-refractivity contribution is 0.410. The highest BCUT2D eigenvalue weighted by molar-refractivity contribution is 9.10. The fourth-order valence-electron chi connectivity index (χ4n) is 3.35. The van der Waals surface area contributed by atoms with Crippen molar-refractivity contribution in [3.8, 4) is 5.75 Å². The largest absolute Gasteiger partial charge is 0.496 e. The van der Waals surface area contributed by atoms with Crippen LogP contribution in [0.25, 0.3) is 10.8 Å². The molecule has 1 unspecified atom stereocenters. The Kier molecular flexibility index (Phi) is 5.20. The number of thioether (sulfide) groups is 1. The Hall–Kier alpha value is -1.54. The lowest BCUT2D eigenvalue weighted by Gasteiger charge is -2.24. The van der Waals surface area contributed by atoms with Gasteiger partial charge in [-0.25, -0.2) is 8.42 Å². The molecule has 3 aromatic carbocycles. The highest BCUT2D eigenvalue weighted by atomic mass is 79.9. The first-order chi connectivity index (χ1) is 13.0. The van der Waals surface area contributed by atoms with E-state index >= 15 is 0 Å². The number of ether oxygens (including phenoxy) is 1. The van der Waals surface area contributed by atoms with Gasteiger partial charge in [-0.05, 0) is 45.1 Å². The van der Waals surface area contributed by atoms with Crippen LogP contribution in [-0.4, -0.2) is 32.1 Å². The number of hydrogen-bond donors (Lipinski definition) is 0. The van der Waals surface area contributed by atoms with Gasteiger partial charge in [0.15, 0.2) is 0 Å². The van der Waals surface area contributed by atoms with Crippen molar-refractivity contribution in [1.82, 2.24) is 4.31 Å². The van der Waals surface area contributed by atoms with Gasteiger partial charge in [0.05, 0.1) is 21.9 Å². The molecule has 0 spiro atoms. The smallest absolute Gasteiger partial charge is 0.245 e. The summed E-state index contributed by atoms with van der Waals surface area (Å²) in [4.78, 5) is 0.362. The third-order valence-electron chi connectivity index (χ3n) is 4.65. The maximum atomic E-state index is 13.5. The summed E-state index contributed by atoms with van der Waals surface area (Å²) in [6, 6.07) is 18.8. The number of nitrogens with zero attached hydrogens (tertiary/aromatic N) is 1. The van der Waals surface area contributed by atoms with E-state index in [0.29, 0.717) is 11.4 Å². The second kappa shape index (κ2) is 7.47. The monoisotopic (exact) mass is 463 g/mol. The third-order valence-corrected chi connectivity index (χ3v) is 8.58. The normalized spacial score (nSPS) is 18.1. The van der Waals surface area contributed by atoms with Gasteiger partial charge in [-0.3, -0.25) is 0 Å². The first kappa shape index (κ1) is 18.8. The minimum Gasteiger partial charge on any atom is -0.496 e. The maximum absolute atomic E-state index is 13.5. The predicted octanol–water partition coefficient (Wildman–Crippen LogP) is 5.05. The number of hydrogen-bond acceptors (Lipinski definition) is 4. The lowest BCUT2D eigenvalue weighted by atomic mass is 10.1. The van der Waals surface area contributed by atoms with Gasteiger partial charge in [0.25, 0.3) is 0 Å². The summed E-state index contributed by atoms with van der Waals surface area (Å²) in [7, 11) is -2.01. The van der Waals surface area contributed by atoms with Gasteiger partial charge < -0.3 is 4.74 Å². The van der Waals surface area contributed by atoms with Crippen LogP contribution in [-0.2, 0) is 10.0 Å². The van der Waals surface area contributed by atoms with E-state index in [1.165, 1.54) is 0 Å². The summed E-state index contributed by atoms with van der Waals surface area (Å²) in [5.41, 5.74) is 0.939. The van der Waals surface area contributed by atoms with E-state index in [9.17, 15) is 8.42 Å². The Morgan fingerprint density at radius 2 is 1.89 bits per heavy atom. The van der Waals surface area contributed by atoms with Crippen LogP contribution in [0.5, 0.6) is 5.75 Å². The molecule has 0 amide bonds. The van der Waals surface area contributed by atoms with Gasteiger partial charge in [0.2, 0.25) is 10.0 Å². The van der Waals surface area contributed by atoms with Gasteiger partial charge in [-0.2, -0.15) is 4.31 Å². The molecule has 140 valence electrons. The first-order valence-corrected chi connectivity index (χ1v) is 11.8. The molecule has 0 N–H and O–H groups in total. The lowest BCUT2D eigenvalue weighted by Crippen LogP contribution is -2.30. The van der Waals surface area contributed by atoms with Crippen LogP contribution in [0.2, 0.25) is 0 Å². The Balaban J connectivity index is 1.78. The van der Waals surface area contributed by atoms with Crippen molar-refractivity contribution in [3.05, 3.63) is 70.7 Å². The molecule has 1 atom stereocenters.